The van der Waals surface area contributed by atoms with Crippen LogP contribution < -0.4 is 5.73 Å². The topological polar surface area (TPSA) is 47.6 Å². The van der Waals surface area contributed by atoms with Crippen LogP contribution in [0.1, 0.15) is 17.5 Å². The number of nitrogens with two attached hydrogens (primary N) is 1. The Morgan fingerprint density at radius 2 is 1.94 bits per heavy atom. The van der Waals surface area contributed by atoms with Gasteiger partial charge in [0.15, 0.2) is 0 Å². The highest BCUT2D eigenvalue weighted by Gasteiger charge is 2.29. The molecule has 0 spiro atoms. The number of hydrogen-bond acceptors (Lipinski definition) is 3. The van der Waals surface area contributed by atoms with Crippen LogP contribution >= 0.6 is 0 Å². The Balaban J connectivity index is 1.91. The molecule has 1 aliphatic rings. The zero-order valence-corrected chi connectivity index (χ0v) is 9.57. The SMILES string of the molecule is NC1=N[C@@H](CCc2ccc(C(F)(F)F)cc2)CO1. The molecule has 1 aromatic carbocycles. The Kier molecular flexibility index (Phi) is 3.45. The van der Waals surface area contributed by atoms with E-state index >= 15 is 0 Å². The first-order valence-corrected chi connectivity index (χ1v) is 5.57. The number of aliphatic imine (C=N–C) groups is 1. The Bertz CT molecular complexity index is 440. The molecule has 2 rings (SSSR count). The fraction of sp³-hybridized carbons (Fsp3) is 0.417. The molecule has 0 saturated carbocycles. The summed E-state index contributed by atoms with van der Waals surface area (Å²) in [4.78, 5) is 4.05. The fourth-order valence-corrected chi connectivity index (χ4v) is 1.78. The number of halogens is 3. The van der Waals surface area contributed by atoms with E-state index < -0.39 is 11.7 Å². The van der Waals surface area contributed by atoms with Crippen LogP contribution in [0.5, 0.6) is 0 Å². The second-order valence-corrected chi connectivity index (χ2v) is 4.17. The van der Waals surface area contributed by atoms with Crippen LogP contribution in [0.2, 0.25) is 0 Å². The molecule has 6 heteroatoms. The summed E-state index contributed by atoms with van der Waals surface area (Å²) in [6.07, 6.45) is -2.91. The normalized spacial score (nSPS) is 19.5. The van der Waals surface area contributed by atoms with Gasteiger partial charge in [-0.05, 0) is 30.5 Å². The summed E-state index contributed by atoms with van der Waals surface area (Å²) in [6.45, 7) is 0.451. The lowest BCUT2D eigenvalue weighted by Crippen LogP contribution is -2.10. The summed E-state index contributed by atoms with van der Waals surface area (Å²) in [5, 5.41) is 0. The number of alkyl halides is 3. The van der Waals surface area contributed by atoms with Crippen LogP contribution in [0.3, 0.4) is 0 Å². The first-order valence-electron chi connectivity index (χ1n) is 5.57. The van der Waals surface area contributed by atoms with Crippen molar-refractivity contribution in [3.63, 3.8) is 0 Å². The predicted molar refractivity (Wildman–Crippen MR) is 61.1 cm³/mol. The average Bonchev–Trinajstić information content (AvgIpc) is 2.72. The van der Waals surface area contributed by atoms with Crippen molar-refractivity contribution in [2.24, 2.45) is 10.7 Å². The van der Waals surface area contributed by atoms with Crippen molar-refractivity contribution < 1.29 is 17.9 Å². The molecule has 1 atom stereocenters. The molecule has 0 bridgehead atoms. The van der Waals surface area contributed by atoms with Crippen LogP contribution in [0.4, 0.5) is 13.2 Å². The number of amidine groups is 1. The highest BCUT2D eigenvalue weighted by molar-refractivity contribution is 5.72. The standard InChI is InChI=1S/C12H13F3N2O/c13-12(14,15)9-4-1-8(2-5-9)3-6-10-7-18-11(16)17-10/h1-2,4-5,10H,3,6-7H2,(H2,16,17)/t10-/m0/s1. The number of hydrogen-bond donors (Lipinski definition) is 1. The molecule has 0 radical (unpaired) electrons. The molecule has 0 fully saturated rings. The molecule has 3 nitrogen and oxygen atoms in total. The molecule has 0 saturated heterocycles. The first kappa shape index (κ1) is 12.7. The van der Waals surface area contributed by atoms with E-state index in [0.29, 0.717) is 19.4 Å². The van der Waals surface area contributed by atoms with E-state index in [0.717, 1.165) is 17.7 Å². The minimum absolute atomic E-state index is 0.00675. The smallest absolute Gasteiger partial charge is 0.416 e. The maximum absolute atomic E-state index is 12.3. The van der Waals surface area contributed by atoms with Crippen molar-refractivity contribution in [1.29, 1.82) is 0 Å². The van der Waals surface area contributed by atoms with E-state index in [9.17, 15) is 13.2 Å². The van der Waals surface area contributed by atoms with Crippen molar-refractivity contribution >= 4 is 6.02 Å². The van der Waals surface area contributed by atoms with Gasteiger partial charge in [0.25, 0.3) is 6.02 Å². The van der Waals surface area contributed by atoms with Gasteiger partial charge in [0.05, 0.1) is 11.6 Å². The van der Waals surface area contributed by atoms with Gasteiger partial charge in [-0.3, -0.25) is 0 Å². The molecule has 1 aliphatic heterocycles. The van der Waals surface area contributed by atoms with Crippen molar-refractivity contribution in [2.75, 3.05) is 6.61 Å². The Hall–Kier alpha value is -1.72. The third kappa shape index (κ3) is 3.15. The molecule has 0 aliphatic carbocycles. The van der Waals surface area contributed by atoms with Gasteiger partial charge in [0.1, 0.15) is 6.61 Å². The van der Waals surface area contributed by atoms with E-state index in [4.69, 9.17) is 10.5 Å². The van der Waals surface area contributed by atoms with E-state index in [2.05, 4.69) is 4.99 Å². The van der Waals surface area contributed by atoms with Gasteiger partial charge in [-0.25, -0.2) is 4.99 Å². The minimum Gasteiger partial charge on any atom is -0.463 e. The number of benzene rings is 1. The molecule has 0 unspecified atom stereocenters. The zero-order chi connectivity index (χ0) is 13.2. The molecule has 1 heterocycles. The second-order valence-electron chi connectivity index (χ2n) is 4.17. The van der Waals surface area contributed by atoms with Gasteiger partial charge >= 0.3 is 6.18 Å². The zero-order valence-electron chi connectivity index (χ0n) is 9.57. The number of rotatable bonds is 3. The summed E-state index contributed by atoms with van der Waals surface area (Å²) in [6, 6.07) is 5.37. The molecule has 1 aromatic rings. The lowest BCUT2D eigenvalue weighted by molar-refractivity contribution is -0.137. The van der Waals surface area contributed by atoms with Gasteiger partial charge in [-0.2, -0.15) is 13.2 Å². The van der Waals surface area contributed by atoms with E-state index in [1.807, 2.05) is 0 Å². The van der Waals surface area contributed by atoms with Gasteiger partial charge in [-0.15, -0.1) is 0 Å². The minimum atomic E-state index is -4.28. The first-order chi connectivity index (χ1) is 8.45. The molecule has 98 valence electrons. The monoisotopic (exact) mass is 258 g/mol. The van der Waals surface area contributed by atoms with Crippen LogP contribution in [0, 0.1) is 0 Å². The van der Waals surface area contributed by atoms with Crippen molar-refractivity contribution in [1.82, 2.24) is 0 Å². The molecule has 2 N–H and O–H groups in total. The number of nitrogens with zero attached hydrogens (tertiary/aromatic N) is 1. The summed E-state index contributed by atoms with van der Waals surface area (Å²) in [7, 11) is 0. The van der Waals surface area contributed by atoms with Crippen molar-refractivity contribution in [3.05, 3.63) is 35.4 Å². The van der Waals surface area contributed by atoms with Crippen LogP contribution in [-0.2, 0) is 17.3 Å². The summed E-state index contributed by atoms with van der Waals surface area (Å²) < 4.78 is 42.0. The molecular formula is C12H13F3N2O. The summed E-state index contributed by atoms with van der Waals surface area (Å²) in [5.74, 6) is 0. The Morgan fingerprint density at radius 1 is 1.28 bits per heavy atom. The lowest BCUT2D eigenvalue weighted by atomic mass is 10.0. The van der Waals surface area contributed by atoms with E-state index in [-0.39, 0.29) is 12.1 Å². The van der Waals surface area contributed by atoms with Gasteiger partial charge in [-0.1, -0.05) is 12.1 Å². The van der Waals surface area contributed by atoms with Crippen LogP contribution in [-0.4, -0.2) is 18.7 Å². The van der Waals surface area contributed by atoms with Crippen molar-refractivity contribution in [2.45, 2.75) is 25.1 Å². The van der Waals surface area contributed by atoms with Crippen molar-refractivity contribution in [3.8, 4) is 0 Å². The quantitative estimate of drug-likeness (QED) is 0.904. The molecular weight excluding hydrogens is 245 g/mol. The highest BCUT2D eigenvalue weighted by atomic mass is 19.4. The van der Waals surface area contributed by atoms with Crippen LogP contribution in [0.25, 0.3) is 0 Å². The third-order valence-corrected chi connectivity index (χ3v) is 2.78. The number of ether oxygens (including phenoxy) is 1. The predicted octanol–water partition coefficient (Wildman–Crippen LogP) is 2.35. The second kappa shape index (κ2) is 4.88. The third-order valence-electron chi connectivity index (χ3n) is 2.78. The van der Waals surface area contributed by atoms with E-state index in [1.165, 1.54) is 12.1 Å². The fourth-order valence-electron chi connectivity index (χ4n) is 1.78. The van der Waals surface area contributed by atoms with Gasteiger partial charge in [0, 0.05) is 0 Å². The van der Waals surface area contributed by atoms with Crippen LogP contribution in [0.15, 0.2) is 29.3 Å². The molecule has 0 aromatic heterocycles. The largest absolute Gasteiger partial charge is 0.463 e. The lowest BCUT2D eigenvalue weighted by Gasteiger charge is -2.08. The average molecular weight is 258 g/mol. The summed E-state index contributed by atoms with van der Waals surface area (Å²) >= 11 is 0. The Morgan fingerprint density at radius 3 is 2.44 bits per heavy atom. The highest BCUT2D eigenvalue weighted by Crippen LogP contribution is 2.29. The maximum atomic E-state index is 12.3. The summed E-state index contributed by atoms with van der Waals surface area (Å²) in [5.41, 5.74) is 5.59. The van der Waals surface area contributed by atoms with Gasteiger partial charge in [0.2, 0.25) is 0 Å². The Labute approximate surface area is 102 Å². The van der Waals surface area contributed by atoms with Gasteiger partial charge < -0.3 is 10.5 Å². The van der Waals surface area contributed by atoms with E-state index in [1.54, 1.807) is 0 Å². The molecule has 18 heavy (non-hydrogen) atoms. The molecule has 0 amide bonds. The number of aryl methyl sites for hydroxylation is 1. The maximum Gasteiger partial charge on any atom is 0.416 e.